The number of aromatic nitrogens is 2. The van der Waals surface area contributed by atoms with Crippen LogP contribution in [0.1, 0.15) is 45.9 Å². The Morgan fingerprint density at radius 2 is 2.18 bits per heavy atom. The first kappa shape index (κ1) is 12.6. The smallest absolute Gasteiger partial charge is 0.120 e. The third-order valence-electron chi connectivity index (χ3n) is 3.97. The lowest BCUT2D eigenvalue weighted by Crippen LogP contribution is -2.26. The van der Waals surface area contributed by atoms with Gasteiger partial charge in [0.25, 0.3) is 0 Å². The lowest BCUT2D eigenvalue weighted by atomic mass is 9.77. The van der Waals surface area contributed by atoms with Crippen molar-refractivity contribution in [3.05, 3.63) is 18.2 Å². The van der Waals surface area contributed by atoms with Crippen LogP contribution in [0.25, 0.3) is 0 Å². The number of hydrogen-bond donors (Lipinski definition) is 1. The van der Waals surface area contributed by atoms with E-state index in [2.05, 4.69) is 35.6 Å². The highest BCUT2D eigenvalue weighted by atomic mass is 15.1. The van der Waals surface area contributed by atoms with Crippen LogP contribution in [0, 0.1) is 11.3 Å². The summed E-state index contributed by atoms with van der Waals surface area (Å²) in [7, 11) is 0. The van der Waals surface area contributed by atoms with E-state index in [0.29, 0.717) is 5.41 Å². The standard InChI is InChI=1S/C14H25N3/c1-14(2,3)12-5-4-9-17(10-6-12)11-13-15-7-8-16-13/h7-8,12H,4-6,9-11H2,1-3H3,(H,15,16)/t12-/m0/s1. The average molecular weight is 235 g/mol. The molecule has 0 aliphatic carbocycles. The first-order chi connectivity index (χ1) is 8.05. The lowest BCUT2D eigenvalue weighted by molar-refractivity contribution is 0.205. The van der Waals surface area contributed by atoms with Crippen LogP contribution >= 0.6 is 0 Å². The summed E-state index contributed by atoms with van der Waals surface area (Å²) in [6.45, 7) is 10.5. The van der Waals surface area contributed by atoms with Crippen LogP contribution < -0.4 is 0 Å². The monoisotopic (exact) mass is 235 g/mol. The summed E-state index contributed by atoms with van der Waals surface area (Å²) in [6, 6.07) is 0. The topological polar surface area (TPSA) is 31.9 Å². The molecule has 2 rings (SSSR count). The van der Waals surface area contributed by atoms with Crippen LogP contribution in [0.4, 0.5) is 0 Å². The van der Waals surface area contributed by atoms with Crippen molar-refractivity contribution < 1.29 is 0 Å². The normalized spacial score (nSPS) is 23.6. The molecule has 0 amide bonds. The fourth-order valence-electron chi connectivity index (χ4n) is 2.78. The van der Waals surface area contributed by atoms with E-state index >= 15 is 0 Å². The summed E-state index contributed by atoms with van der Waals surface area (Å²) in [5.74, 6) is 1.96. The number of likely N-dealkylation sites (tertiary alicyclic amines) is 1. The maximum atomic E-state index is 4.31. The zero-order valence-electron chi connectivity index (χ0n) is 11.4. The summed E-state index contributed by atoms with van der Waals surface area (Å²) in [6.07, 6.45) is 7.77. The van der Waals surface area contributed by atoms with Gasteiger partial charge in [-0.2, -0.15) is 0 Å². The van der Waals surface area contributed by atoms with Gasteiger partial charge in [-0.05, 0) is 43.7 Å². The second kappa shape index (κ2) is 5.21. The second-order valence-electron chi connectivity index (χ2n) is 6.31. The van der Waals surface area contributed by atoms with E-state index in [1.807, 2.05) is 12.4 Å². The van der Waals surface area contributed by atoms with Crippen molar-refractivity contribution in [3.8, 4) is 0 Å². The minimum Gasteiger partial charge on any atom is -0.348 e. The molecule has 0 radical (unpaired) electrons. The Balaban J connectivity index is 1.88. The van der Waals surface area contributed by atoms with Crippen LogP contribution in [0.15, 0.2) is 12.4 Å². The quantitative estimate of drug-likeness (QED) is 0.854. The van der Waals surface area contributed by atoms with Gasteiger partial charge in [0.1, 0.15) is 5.82 Å². The van der Waals surface area contributed by atoms with E-state index in [9.17, 15) is 0 Å². The largest absolute Gasteiger partial charge is 0.348 e. The van der Waals surface area contributed by atoms with Gasteiger partial charge in [-0.1, -0.05) is 20.8 Å². The maximum Gasteiger partial charge on any atom is 0.120 e. The van der Waals surface area contributed by atoms with Gasteiger partial charge < -0.3 is 4.98 Å². The molecule has 96 valence electrons. The molecule has 1 aliphatic rings. The number of nitrogens with one attached hydrogen (secondary N) is 1. The Morgan fingerprint density at radius 3 is 2.82 bits per heavy atom. The highest BCUT2D eigenvalue weighted by Crippen LogP contribution is 2.34. The van der Waals surface area contributed by atoms with Gasteiger partial charge in [0.05, 0.1) is 6.54 Å². The summed E-state index contributed by atoms with van der Waals surface area (Å²) < 4.78 is 0. The molecular formula is C14H25N3. The Hall–Kier alpha value is -0.830. The molecule has 17 heavy (non-hydrogen) atoms. The van der Waals surface area contributed by atoms with Gasteiger partial charge in [0.2, 0.25) is 0 Å². The minimum atomic E-state index is 0.459. The van der Waals surface area contributed by atoms with E-state index in [-0.39, 0.29) is 0 Å². The lowest BCUT2D eigenvalue weighted by Gasteiger charge is -2.29. The van der Waals surface area contributed by atoms with Crippen molar-refractivity contribution in [2.24, 2.45) is 11.3 Å². The highest BCUT2D eigenvalue weighted by Gasteiger charge is 2.27. The number of imidazole rings is 1. The molecule has 0 unspecified atom stereocenters. The number of aromatic amines is 1. The predicted molar refractivity (Wildman–Crippen MR) is 70.7 cm³/mol. The Bertz CT molecular complexity index is 324. The minimum absolute atomic E-state index is 0.459. The molecule has 0 saturated carbocycles. The average Bonchev–Trinajstić information content (AvgIpc) is 2.61. The van der Waals surface area contributed by atoms with Crippen molar-refractivity contribution in [2.45, 2.75) is 46.6 Å². The number of H-pyrrole nitrogens is 1. The highest BCUT2D eigenvalue weighted by molar-refractivity contribution is 4.88. The van der Waals surface area contributed by atoms with E-state index in [0.717, 1.165) is 18.3 Å². The molecule has 1 N–H and O–H groups in total. The molecule has 3 heteroatoms. The SMILES string of the molecule is CC(C)(C)[C@H]1CCCN(Cc2ncc[nH]2)CC1. The Kier molecular flexibility index (Phi) is 3.87. The van der Waals surface area contributed by atoms with E-state index in [1.165, 1.54) is 32.4 Å². The third kappa shape index (κ3) is 3.56. The maximum absolute atomic E-state index is 4.31. The molecule has 1 atom stereocenters. The molecule has 0 bridgehead atoms. The Morgan fingerprint density at radius 1 is 1.35 bits per heavy atom. The zero-order valence-corrected chi connectivity index (χ0v) is 11.4. The number of nitrogens with zero attached hydrogens (tertiary/aromatic N) is 2. The van der Waals surface area contributed by atoms with Crippen molar-refractivity contribution in [1.29, 1.82) is 0 Å². The Labute approximate surface area is 105 Å². The van der Waals surface area contributed by atoms with Gasteiger partial charge in [0.15, 0.2) is 0 Å². The molecule has 1 aromatic heterocycles. The van der Waals surface area contributed by atoms with Crippen molar-refractivity contribution in [2.75, 3.05) is 13.1 Å². The molecule has 1 fully saturated rings. The van der Waals surface area contributed by atoms with Crippen molar-refractivity contribution in [3.63, 3.8) is 0 Å². The summed E-state index contributed by atoms with van der Waals surface area (Å²) in [5, 5.41) is 0. The van der Waals surface area contributed by atoms with Crippen molar-refractivity contribution >= 4 is 0 Å². The number of rotatable bonds is 2. The van der Waals surface area contributed by atoms with E-state index in [1.54, 1.807) is 0 Å². The summed E-state index contributed by atoms with van der Waals surface area (Å²) in [5.41, 5.74) is 0.459. The fourth-order valence-corrected chi connectivity index (χ4v) is 2.78. The van der Waals surface area contributed by atoms with Gasteiger partial charge >= 0.3 is 0 Å². The van der Waals surface area contributed by atoms with Crippen LogP contribution in [-0.4, -0.2) is 28.0 Å². The molecule has 3 nitrogen and oxygen atoms in total. The number of hydrogen-bond acceptors (Lipinski definition) is 2. The first-order valence-corrected chi connectivity index (χ1v) is 6.76. The predicted octanol–water partition coefficient (Wildman–Crippen LogP) is 3.06. The van der Waals surface area contributed by atoms with Gasteiger partial charge in [-0.25, -0.2) is 4.98 Å². The van der Waals surface area contributed by atoms with E-state index < -0.39 is 0 Å². The van der Waals surface area contributed by atoms with Crippen LogP contribution in [0.2, 0.25) is 0 Å². The summed E-state index contributed by atoms with van der Waals surface area (Å²) >= 11 is 0. The molecule has 1 aliphatic heterocycles. The molecule has 0 spiro atoms. The van der Waals surface area contributed by atoms with Crippen LogP contribution in [-0.2, 0) is 6.54 Å². The van der Waals surface area contributed by atoms with Crippen LogP contribution in [0.5, 0.6) is 0 Å². The zero-order chi connectivity index (χ0) is 12.3. The molecule has 2 heterocycles. The van der Waals surface area contributed by atoms with Crippen molar-refractivity contribution in [1.82, 2.24) is 14.9 Å². The van der Waals surface area contributed by atoms with Crippen LogP contribution in [0.3, 0.4) is 0 Å². The third-order valence-corrected chi connectivity index (χ3v) is 3.97. The van der Waals surface area contributed by atoms with Gasteiger partial charge in [-0.3, -0.25) is 4.90 Å². The second-order valence-corrected chi connectivity index (χ2v) is 6.31. The molecular weight excluding hydrogens is 210 g/mol. The first-order valence-electron chi connectivity index (χ1n) is 6.76. The summed E-state index contributed by atoms with van der Waals surface area (Å²) in [4.78, 5) is 10.0. The van der Waals surface area contributed by atoms with Gasteiger partial charge in [-0.15, -0.1) is 0 Å². The molecule has 1 saturated heterocycles. The van der Waals surface area contributed by atoms with E-state index in [4.69, 9.17) is 0 Å². The van der Waals surface area contributed by atoms with Gasteiger partial charge in [0, 0.05) is 12.4 Å². The fraction of sp³-hybridized carbons (Fsp3) is 0.786. The molecule has 0 aromatic carbocycles. The molecule has 1 aromatic rings.